The lowest BCUT2D eigenvalue weighted by Gasteiger charge is -2.32. The normalized spacial score (nSPS) is 22.6. The van der Waals surface area contributed by atoms with Crippen LogP contribution in [0.3, 0.4) is 0 Å². The van der Waals surface area contributed by atoms with Crippen LogP contribution in [0.15, 0.2) is 60.8 Å². The van der Waals surface area contributed by atoms with Gasteiger partial charge in [-0.3, -0.25) is 14.6 Å². The van der Waals surface area contributed by atoms with E-state index in [0.717, 1.165) is 6.20 Å². The summed E-state index contributed by atoms with van der Waals surface area (Å²) in [7, 11) is 1.53. The molecule has 0 spiro atoms. The summed E-state index contributed by atoms with van der Waals surface area (Å²) in [5.74, 6) is -0.373. The lowest BCUT2D eigenvalue weighted by Crippen LogP contribution is -2.44. The number of carbonyl (C=O) groups excluding carboxylic acids is 2. The number of aromatic nitrogens is 1. The van der Waals surface area contributed by atoms with Gasteiger partial charge in [0, 0.05) is 29.9 Å². The molecule has 2 amide bonds. The van der Waals surface area contributed by atoms with Crippen molar-refractivity contribution in [2.45, 2.75) is 43.8 Å². The van der Waals surface area contributed by atoms with Crippen LogP contribution in [0.4, 0.5) is 14.5 Å². The lowest BCUT2D eigenvalue weighted by molar-refractivity contribution is -0.132. The van der Waals surface area contributed by atoms with Gasteiger partial charge in [0.25, 0.3) is 18.2 Å². The van der Waals surface area contributed by atoms with E-state index >= 15 is 0 Å². The Bertz CT molecular complexity index is 1400. The van der Waals surface area contributed by atoms with Gasteiger partial charge in [0.05, 0.1) is 23.4 Å². The maximum Gasteiger partial charge on any atom is 0.281 e. The molecule has 1 aliphatic heterocycles. The number of methoxy groups -OCH3 is 1. The van der Waals surface area contributed by atoms with Crippen molar-refractivity contribution in [3.8, 4) is 5.75 Å². The molecule has 204 valence electrons. The second-order valence-corrected chi connectivity index (χ2v) is 10.4. The molecule has 3 aromatic rings. The molecule has 2 aromatic carbocycles. The standard InChI is InChI=1S/C29H28ClF2N3O4/c1-39-21-6-4-5-18(13-21)29(38)23-7-2-3-8-24(23)35(28(29)37)16-17-9-11-20(12-10-17)34-27(36)22-14-19(30)15-33-25(22)26(31)32/h2-8,13-15,17,20,26,38H,9-12,16H2,1H3,(H,34,36)/t17-,20-,29?. The molecule has 2 heterocycles. The number of alkyl halides is 2. The van der Waals surface area contributed by atoms with Gasteiger partial charge in [-0.25, -0.2) is 8.78 Å². The quantitative estimate of drug-likeness (QED) is 0.415. The summed E-state index contributed by atoms with van der Waals surface area (Å²) >= 11 is 5.89. The predicted molar refractivity (Wildman–Crippen MR) is 142 cm³/mol. The first-order chi connectivity index (χ1) is 18.7. The second kappa shape index (κ2) is 10.9. The Morgan fingerprint density at radius 3 is 2.64 bits per heavy atom. The molecular formula is C29H28ClF2N3O4. The number of carbonyl (C=O) groups is 2. The molecule has 0 radical (unpaired) electrons. The van der Waals surface area contributed by atoms with E-state index in [9.17, 15) is 23.5 Å². The number of anilines is 1. The minimum absolute atomic E-state index is 0.109. The molecule has 0 bridgehead atoms. The van der Waals surface area contributed by atoms with Crippen molar-refractivity contribution in [1.29, 1.82) is 0 Å². The van der Waals surface area contributed by atoms with E-state index in [1.807, 2.05) is 12.1 Å². The van der Waals surface area contributed by atoms with E-state index in [1.165, 1.54) is 13.2 Å². The van der Waals surface area contributed by atoms with Gasteiger partial charge in [-0.15, -0.1) is 0 Å². The highest BCUT2D eigenvalue weighted by molar-refractivity contribution is 6.30. The van der Waals surface area contributed by atoms with Crippen molar-refractivity contribution in [3.63, 3.8) is 0 Å². The first-order valence-electron chi connectivity index (χ1n) is 12.7. The zero-order chi connectivity index (χ0) is 27.7. The zero-order valence-corrected chi connectivity index (χ0v) is 22.0. The molecule has 1 aromatic heterocycles. The van der Waals surface area contributed by atoms with Crippen molar-refractivity contribution in [2.75, 3.05) is 18.6 Å². The number of nitrogens with zero attached hydrogens (tertiary/aromatic N) is 2. The first-order valence-corrected chi connectivity index (χ1v) is 13.1. The summed E-state index contributed by atoms with van der Waals surface area (Å²) in [4.78, 5) is 31.8. The monoisotopic (exact) mass is 555 g/mol. The summed E-state index contributed by atoms with van der Waals surface area (Å²) in [6.45, 7) is 0.413. The molecule has 1 aliphatic carbocycles. The van der Waals surface area contributed by atoms with Gasteiger partial charge in [0.15, 0.2) is 5.60 Å². The Morgan fingerprint density at radius 2 is 1.92 bits per heavy atom. The third-order valence-electron chi connectivity index (χ3n) is 7.59. The van der Waals surface area contributed by atoms with Gasteiger partial charge in [0.2, 0.25) is 0 Å². The number of halogens is 3. The van der Waals surface area contributed by atoms with Crippen LogP contribution in [0.5, 0.6) is 5.75 Å². The number of amides is 2. The summed E-state index contributed by atoms with van der Waals surface area (Å²) in [5.41, 5.74) is -1.03. The van der Waals surface area contributed by atoms with Crippen LogP contribution in [0.1, 0.15) is 59.3 Å². The number of rotatable bonds is 7. The molecule has 5 rings (SSSR count). The number of hydrogen-bond donors (Lipinski definition) is 2. The first kappa shape index (κ1) is 27.0. The number of aliphatic hydroxyl groups is 1. The molecule has 2 N–H and O–H groups in total. The summed E-state index contributed by atoms with van der Waals surface area (Å²) in [6, 6.07) is 15.1. The van der Waals surface area contributed by atoms with Gasteiger partial charge in [-0.05, 0) is 55.9 Å². The minimum Gasteiger partial charge on any atom is -0.497 e. The molecular weight excluding hydrogens is 528 g/mol. The molecule has 1 saturated carbocycles. The Kier molecular flexibility index (Phi) is 7.55. The predicted octanol–water partition coefficient (Wildman–Crippen LogP) is 5.25. The zero-order valence-electron chi connectivity index (χ0n) is 21.2. The highest BCUT2D eigenvalue weighted by Gasteiger charge is 2.51. The number of pyridine rings is 1. The number of para-hydroxylation sites is 1. The van der Waals surface area contributed by atoms with Crippen LogP contribution >= 0.6 is 11.6 Å². The Morgan fingerprint density at radius 1 is 1.18 bits per heavy atom. The second-order valence-electron chi connectivity index (χ2n) is 9.95. The van der Waals surface area contributed by atoms with E-state index in [2.05, 4.69) is 10.3 Å². The summed E-state index contributed by atoms with van der Waals surface area (Å²) in [6.07, 6.45) is 0.873. The van der Waals surface area contributed by atoms with E-state index in [4.69, 9.17) is 16.3 Å². The van der Waals surface area contributed by atoms with Crippen molar-refractivity contribution in [2.24, 2.45) is 5.92 Å². The molecule has 10 heteroatoms. The van der Waals surface area contributed by atoms with Crippen LogP contribution in [-0.4, -0.2) is 41.6 Å². The maximum atomic E-state index is 13.7. The molecule has 1 fully saturated rings. The van der Waals surface area contributed by atoms with E-state index in [0.29, 0.717) is 54.8 Å². The smallest absolute Gasteiger partial charge is 0.281 e. The van der Waals surface area contributed by atoms with Crippen LogP contribution < -0.4 is 15.0 Å². The van der Waals surface area contributed by atoms with Gasteiger partial charge < -0.3 is 20.1 Å². The average Bonchev–Trinajstić information content (AvgIpc) is 3.16. The number of ether oxygens (including phenoxy) is 1. The maximum absolute atomic E-state index is 13.7. The Hall–Kier alpha value is -3.56. The van der Waals surface area contributed by atoms with Gasteiger partial charge >= 0.3 is 0 Å². The fraction of sp³-hybridized carbons (Fsp3) is 0.345. The minimum atomic E-state index is -2.89. The highest BCUT2D eigenvalue weighted by atomic mass is 35.5. The largest absolute Gasteiger partial charge is 0.497 e. The number of nitrogens with one attached hydrogen (secondary N) is 1. The van der Waals surface area contributed by atoms with E-state index in [-0.39, 0.29) is 22.5 Å². The number of fused-ring (bicyclic) bond motifs is 1. The molecule has 2 aliphatic rings. The molecule has 39 heavy (non-hydrogen) atoms. The SMILES string of the molecule is COc1cccc(C2(O)C(=O)N(C[C@H]3CC[C@H](NC(=O)c4cc(Cl)cnc4C(F)F)CC3)c3ccccc32)c1. The molecule has 0 saturated heterocycles. The Labute approximate surface area is 229 Å². The topological polar surface area (TPSA) is 91.8 Å². The third kappa shape index (κ3) is 5.08. The third-order valence-corrected chi connectivity index (χ3v) is 7.79. The van der Waals surface area contributed by atoms with E-state index in [1.54, 1.807) is 41.3 Å². The number of hydrogen-bond acceptors (Lipinski definition) is 5. The fourth-order valence-corrected chi connectivity index (χ4v) is 5.72. The van der Waals surface area contributed by atoms with Gasteiger partial charge in [-0.1, -0.05) is 41.9 Å². The van der Waals surface area contributed by atoms with Crippen LogP contribution in [0.25, 0.3) is 0 Å². The molecule has 1 unspecified atom stereocenters. The molecule has 1 atom stereocenters. The lowest BCUT2D eigenvalue weighted by atomic mass is 9.85. The fourth-order valence-electron chi connectivity index (χ4n) is 5.56. The van der Waals surface area contributed by atoms with Gasteiger partial charge in [0.1, 0.15) is 11.4 Å². The summed E-state index contributed by atoms with van der Waals surface area (Å²) in [5, 5.41) is 14.7. The van der Waals surface area contributed by atoms with Crippen LogP contribution in [-0.2, 0) is 10.4 Å². The van der Waals surface area contributed by atoms with Crippen molar-refractivity contribution >= 4 is 29.1 Å². The average molecular weight is 556 g/mol. The number of benzene rings is 2. The molecule has 7 nitrogen and oxygen atoms in total. The highest BCUT2D eigenvalue weighted by Crippen LogP contribution is 2.45. The van der Waals surface area contributed by atoms with Crippen molar-refractivity contribution in [3.05, 3.63) is 88.2 Å². The van der Waals surface area contributed by atoms with Crippen molar-refractivity contribution < 1.29 is 28.2 Å². The Balaban J connectivity index is 1.27. The summed E-state index contributed by atoms with van der Waals surface area (Å²) < 4.78 is 32.0. The van der Waals surface area contributed by atoms with E-state index < -0.39 is 29.5 Å². The van der Waals surface area contributed by atoms with Gasteiger partial charge in [-0.2, -0.15) is 0 Å². The van der Waals surface area contributed by atoms with Crippen molar-refractivity contribution in [1.82, 2.24) is 10.3 Å². The van der Waals surface area contributed by atoms with Crippen LogP contribution in [0, 0.1) is 5.92 Å². The van der Waals surface area contributed by atoms with Crippen LogP contribution in [0.2, 0.25) is 5.02 Å².